The van der Waals surface area contributed by atoms with Gasteiger partial charge >= 0.3 is 0 Å². The molecule has 70 valence electrons. The Kier molecular flexibility index (Phi) is 2.36. The summed E-state index contributed by atoms with van der Waals surface area (Å²) in [5, 5.41) is 12.0. The predicted octanol–water partition coefficient (Wildman–Crippen LogP) is 3.08. The molecule has 0 saturated heterocycles. The molecular weight excluding hydrogens is 212 g/mol. The number of benzene rings is 1. The summed E-state index contributed by atoms with van der Waals surface area (Å²) in [6, 6.07) is 5.74. The first kappa shape index (κ1) is 9.38. The fourth-order valence-electron chi connectivity index (χ4n) is 1.36. The van der Waals surface area contributed by atoms with E-state index >= 15 is 0 Å². The number of thiophene rings is 1. The van der Waals surface area contributed by atoms with E-state index in [4.69, 9.17) is 11.0 Å². The largest absolute Gasteiger partial charge is 0.398 e. The summed E-state index contributed by atoms with van der Waals surface area (Å²) in [5.74, 6) is 0. The average Bonchev–Trinajstić information content (AvgIpc) is 2.61. The molecule has 4 heteroatoms. The Labute approximate surface area is 90.3 Å². The number of nitrogen functional groups attached to an aromatic ring is 1. The molecule has 0 saturated carbocycles. The van der Waals surface area contributed by atoms with E-state index in [2.05, 4.69) is 11.4 Å². The standard InChI is InChI=1S/C10H8N2S2/c1-13-9-5-14-10-7(9)2-6(4-11)3-8(10)12/h2-3,5H,12H2,1H3. The molecule has 0 atom stereocenters. The molecule has 0 aliphatic heterocycles. The van der Waals surface area contributed by atoms with Crippen molar-refractivity contribution in [3.63, 3.8) is 0 Å². The lowest BCUT2D eigenvalue weighted by atomic mass is 10.1. The Morgan fingerprint density at radius 2 is 2.29 bits per heavy atom. The third-order valence-corrected chi connectivity index (χ3v) is 3.99. The molecular formula is C10H8N2S2. The van der Waals surface area contributed by atoms with Crippen molar-refractivity contribution in [3.05, 3.63) is 23.1 Å². The van der Waals surface area contributed by atoms with Crippen LogP contribution in [-0.2, 0) is 0 Å². The molecule has 0 aliphatic carbocycles. The summed E-state index contributed by atoms with van der Waals surface area (Å²) in [4.78, 5) is 1.19. The summed E-state index contributed by atoms with van der Waals surface area (Å²) in [6.45, 7) is 0. The zero-order valence-electron chi connectivity index (χ0n) is 7.57. The maximum absolute atomic E-state index is 8.81. The predicted molar refractivity (Wildman–Crippen MR) is 62.7 cm³/mol. The minimum atomic E-state index is 0.628. The molecule has 0 spiro atoms. The normalized spacial score (nSPS) is 10.3. The Hall–Kier alpha value is -1.18. The van der Waals surface area contributed by atoms with E-state index in [1.54, 1.807) is 29.2 Å². The van der Waals surface area contributed by atoms with Crippen molar-refractivity contribution in [2.75, 3.05) is 12.0 Å². The molecule has 0 fully saturated rings. The van der Waals surface area contributed by atoms with Gasteiger partial charge in [0, 0.05) is 15.7 Å². The van der Waals surface area contributed by atoms with Crippen molar-refractivity contribution in [2.45, 2.75) is 4.90 Å². The fraction of sp³-hybridized carbons (Fsp3) is 0.100. The SMILES string of the molecule is CSc1csc2c(N)cc(C#N)cc12. The first-order valence-corrected chi connectivity index (χ1v) is 6.11. The summed E-state index contributed by atoms with van der Waals surface area (Å²) >= 11 is 3.31. The van der Waals surface area contributed by atoms with Crippen LogP contribution in [0.1, 0.15) is 5.56 Å². The number of nitriles is 1. The van der Waals surface area contributed by atoms with Gasteiger partial charge in [0.1, 0.15) is 0 Å². The average molecular weight is 220 g/mol. The van der Waals surface area contributed by atoms with Crippen LogP contribution in [0.5, 0.6) is 0 Å². The van der Waals surface area contributed by atoms with E-state index in [-0.39, 0.29) is 0 Å². The van der Waals surface area contributed by atoms with Gasteiger partial charge in [0.15, 0.2) is 0 Å². The van der Waals surface area contributed by atoms with Crippen molar-refractivity contribution >= 4 is 38.9 Å². The number of nitrogens with zero attached hydrogens (tertiary/aromatic N) is 1. The lowest BCUT2D eigenvalue weighted by Gasteiger charge is -1.98. The van der Waals surface area contributed by atoms with Crippen LogP contribution in [0.2, 0.25) is 0 Å². The number of hydrogen-bond acceptors (Lipinski definition) is 4. The molecule has 0 radical (unpaired) electrons. The number of anilines is 1. The van der Waals surface area contributed by atoms with Crippen LogP contribution < -0.4 is 5.73 Å². The van der Waals surface area contributed by atoms with E-state index in [9.17, 15) is 0 Å². The third kappa shape index (κ3) is 1.35. The highest BCUT2D eigenvalue weighted by Crippen LogP contribution is 2.36. The van der Waals surface area contributed by atoms with Gasteiger partial charge in [-0.25, -0.2) is 0 Å². The molecule has 1 aromatic carbocycles. The fourth-order valence-corrected chi connectivity index (χ4v) is 3.18. The van der Waals surface area contributed by atoms with Crippen LogP contribution in [0, 0.1) is 11.3 Å². The second-order valence-electron chi connectivity index (χ2n) is 2.86. The first-order valence-electron chi connectivity index (χ1n) is 4.01. The second kappa shape index (κ2) is 3.52. The van der Waals surface area contributed by atoms with Gasteiger partial charge in [-0.15, -0.1) is 23.1 Å². The summed E-state index contributed by atoms with van der Waals surface area (Å²) < 4.78 is 1.08. The third-order valence-electron chi connectivity index (χ3n) is 2.02. The Balaban J connectivity index is 2.82. The van der Waals surface area contributed by atoms with Gasteiger partial charge in [-0.2, -0.15) is 5.26 Å². The van der Waals surface area contributed by atoms with Gasteiger partial charge in [-0.3, -0.25) is 0 Å². The molecule has 0 aliphatic rings. The molecule has 14 heavy (non-hydrogen) atoms. The van der Waals surface area contributed by atoms with Crippen molar-refractivity contribution in [3.8, 4) is 6.07 Å². The van der Waals surface area contributed by atoms with Gasteiger partial charge in [-0.1, -0.05) is 0 Å². The van der Waals surface area contributed by atoms with Crippen molar-refractivity contribution in [2.24, 2.45) is 0 Å². The zero-order valence-corrected chi connectivity index (χ0v) is 9.21. The maximum atomic E-state index is 8.81. The van der Waals surface area contributed by atoms with Crippen LogP contribution in [0.25, 0.3) is 10.1 Å². The number of rotatable bonds is 1. The monoisotopic (exact) mass is 220 g/mol. The molecule has 2 nitrogen and oxygen atoms in total. The number of nitrogens with two attached hydrogens (primary N) is 1. The van der Waals surface area contributed by atoms with Gasteiger partial charge in [0.2, 0.25) is 0 Å². The molecule has 2 aromatic rings. The van der Waals surface area contributed by atoms with Crippen LogP contribution in [0.3, 0.4) is 0 Å². The van der Waals surface area contributed by atoms with E-state index in [1.165, 1.54) is 4.90 Å². The molecule has 2 N–H and O–H groups in total. The van der Waals surface area contributed by atoms with Crippen LogP contribution in [0.4, 0.5) is 5.69 Å². The first-order chi connectivity index (χ1) is 6.76. The van der Waals surface area contributed by atoms with Crippen LogP contribution >= 0.6 is 23.1 Å². The summed E-state index contributed by atoms with van der Waals surface area (Å²) in [6.07, 6.45) is 2.02. The highest BCUT2D eigenvalue weighted by molar-refractivity contribution is 7.99. The van der Waals surface area contributed by atoms with Crippen molar-refractivity contribution < 1.29 is 0 Å². The highest BCUT2D eigenvalue weighted by atomic mass is 32.2. The number of thioether (sulfide) groups is 1. The quantitative estimate of drug-likeness (QED) is 0.593. The van der Waals surface area contributed by atoms with Crippen LogP contribution in [0.15, 0.2) is 22.4 Å². The Morgan fingerprint density at radius 3 is 2.93 bits per heavy atom. The molecule has 0 amide bonds. The molecule has 1 heterocycles. The minimum absolute atomic E-state index is 0.628. The summed E-state index contributed by atoms with van der Waals surface area (Å²) in [5.41, 5.74) is 7.18. The minimum Gasteiger partial charge on any atom is -0.398 e. The Bertz CT molecular complexity index is 523. The van der Waals surface area contributed by atoms with Gasteiger partial charge < -0.3 is 5.73 Å². The molecule has 2 rings (SSSR count). The smallest absolute Gasteiger partial charge is 0.0992 e. The van der Waals surface area contributed by atoms with E-state index in [1.807, 2.05) is 12.3 Å². The number of fused-ring (bicyclic) bond motifs is 1. The Morgan fingerprint density at radius 1 is 1.50 bits per heavy atom. The zero-order chi connectivity index (χ0) is 10.1. The lowest BCUT2D eigenvalue weighted by molar-refractivity contribution is 1.49. The van der Waals surface area contributed by atoms with E-state index < -0.39 is 0 Å². The number of hydrogen-bond donors (Lipinski definition) is 1. The van der Waals surface area contributed by atoms with Crippen molar-refractivity contribution in [1.29, 1.82) is 5.26 Å². The van der Waals surface area contributed by atoms with E-state index in [0.29, 0.717) is 11.3 Å². The highest BCUT2D eigenvalue weighted by Gasteiger charge is 2.07. The van der Waals surface area contributed by atoms with E-state index in [0.717, 1.165) is 10.1 Å². The lowest BCUT2D eigenvalue weighted by Crippen LogP contribution is -1.86. The van der Waals surface area contributed by atoms with Gasteiger partial charge in [0.25, 0.3) is 0 Å². The summed E-state index contributed by atoms with van der Waals surface area (Å²) in [7, 11) is 0. The second-order valence-corrected chi connectivity index (χ2v) is 4.59. The van der Waals surface area contributed by atoms with Gasteiger partial charge in [-0.05, 0) is 18.4 Å². The topological polar surface area (TPSA) is 49.8 Å². The van der Waals surface area contributed by atoms with Gasteiger partial charge in [0.05, 0.1) is 22.0 Å². The van der Waals surface area contributed by atoms with Crippen molar-refractivity contribution in [1.82, 2.24) is 0 Å². The van der Waals surface area contributed by atoms with Crippen LogP contribution in [-0.4, -0.2) is 6.26 Å². The molecule has 1 aromatic heterocycles. The maximum Gasteiger partial charge on any atom is 0.0992 e. The molecule has 0 unspecified atom stereocenters. The molecule has 0 bridgehead atoms.